The predicted molar refractivity (Wildman–Crippen MR) is 174 cm³/mol. The molecule has 0 amide bonds. The smallest absolute Gasteiger partial charge is 0.316 e. The van der Waals surface area contributed by atoms with Crippen LogP contribution in [0.2, 0.25) is 0 Å². The fourth-order valence-electron chi connectivity index (χ4n) is 7.37. The molecule has 2 aromatic carbocycles. The Morgan fingerprint density at radius 3 is 2.00 bits per heavy atom. The van der Waals surface area contributed by atoms with Crippen LogP contribution in [0.3, 0.4) is 0 Å². The number of halogens is 1. The molecule has 0 spiro atoms. The summed E-state index contributed by atoms with van der Waals surface area (Å²) in [4.78, 5) is 39.4. The topological polar surface area (TPSA) is 132 Å². The zero-order valence-electron chi connectivity index (χ0n) is 26.7. The average Bonchev–Trinajstić information content (AvgIpc) is 3.71. The third-order valence-corrected chi connectivity index (χ3v) is 9.74. The zero-order chi connectivity index (χ0) is 33.6. The molecule has 10 heteroatoms. The summed E-state index contributed by atoms with van der Waals surface area (Å²) in [5.74, 6) is -2.91. The maximum atomic E-state index is 13.8. The van der Waals surface area contributed by atoms with Crippen molar-refractivity contribution in [2.24, 2.45) is 5.92 Å². The fourth-order valence-corrected chi connectivity index (χ4v) is 7.37. The zero-order valence-corrected chi connectivity index (χ0v) is 26.7. The molecule has 4 aromatic rings. The van der Waals surface area contributed by atoms with Crippen molar-refractivity contribution in [3.63, 3.8) is 0 Å². The molecule has 6 rings (SSSR count). The van der Waals surface area contributed by atoms with Crippen LogP contribution in [-0.2, 0) is 38.7 Å². The Bertz CT molecular complexity index is 1670. The number of carbonyl (C=O) groups excluding carboxylic acids is 2. The number of hydrogen-bond donors (Lipinski definition) is 2. The van der Waals surface area contributed by atoms with Crippen LogP contribution >= 0.6 is 0 Å². The van der Waals surface area contributed by atoms with E-state index >= 15 is 0 Å². The van der Waals surface area contributed by atoms with Crippen LogP contribution in [0.4, 0.5) is 4.39 Å². The van der Waals surface area contributed by atoms with Crippen LogP contribution in [0.15, 0.2) is 91.4 Å². The summed E-state index contributed by atoms with van der Waals surface area (Å²) in [7, 11) is 0. The van der Waals surface area contributed by atoms with Gasteiger partial charge in [0.05, 0.1) is 16.9 Å². The molecule has 2 aromatic heterocycles. The number of aromatic nitrogens is 3. The Morgan fingerprint density at radius 1 is 0.750 bits per heavy atom. The van der Waals surface area contributed by atoms with E-state index in [4.69, 9.17) is 9.47 Å². The maximum Gasteiger partial charge on any atom is 0.316 e. The molecule has 4 unspecified atom stereocenters. The number of carbonyl (C=O) groups is 2. The number of ether oxygens (including phenoxy) is 2. The van der Waals surface area contributed by atoms with Crippen LogP contribution < -0.4 is 0 Å². The Balaban J connectivity index is 1.15. The summed E-state index contributed by atoms with van der Waals surface area (Å²) in [6.45, 7) is -0.114. The second-order valence-corrected chi connectivity index (χ2v) is 13.1. The van der Waals surface area contributed by atoms with E-state index in [1.165, 1.54) is 24.3 Å². The summed E-state index contributed by atoms with van der Waals surface area (Å²) in [5, 5.41) is 23.5. The van der Waals surface area contributed by atoms with Crippen molar-refractivity contribution < 1.29 is 33.7 Å². The molecule has 0 bridgehead atoms. The average molecular weight is 654 g/mol. The second kappa shape index (κ2) is 14.7. The molecule has 2 aliphatic rings. The van der Waals surface area contributed by atoms with Crippen molar-refractivity contribution in [3.05, 3.63) is 125 Å². The van der Waals surface area contributed by atoms with Crippen LogP contribution in [0.5, 0.6) is 0 Å². The highest BCUT2D eigenvalue weighted by molar-refractivity contribution is 5.80. The van der Waals surface area contributed by atoms with Crippen molar-refractivity contribution in [2.75, 3.05) is 0 Å². The van der Waals surface area contributed by atoms with Gasteiger partial charge in [0.15, 0.2) is 12.4 Å². The molecule has 0 aliphatic heterocycles. The van der Waals surface area contributed by atoms with E-state index < -0.39 is 40.8 Å². The maximum absolute atomic E-state index is 13.8. The number of aliphatic hydroxyl groups is 2. The summed E-state index contributed by atoms with van der Waals surface area (Å²) in [6.07, 6.45) is 9.53. The van der Waals surface area contributed by atoms with Gasteiger partial charge in [-0.2, -0.15) is 0 Å². The van der Waals surface area contributed by atoms with Crippen LogP contribution in [0.1, 0.15) is 85.0 Å². The van der Waals surface area contributed by atoms with Crippen molar-refractivity contribution in [1.82, 2.24) is 15.0 Å². The molecule has 2 N–H and O–H groups in total. The summed E-state index contributed by atoms with van der Waals surface area (Å²) >= 11 is 0. The standard InChI is InChI=1S/C38H40FN3O6/c39-30-13-11-29(12-14-30)34(36(44)47-24-31-6-1-4-19-40-31)38(46)18-15-27(23-38)22-26-7-9-28(10-8-26)33(37(45)16-2-3-17-37)35(43)48-25-32-41-20-5-21-42-32/h1,4-14,19-21,27,33-34,45-46H,2-3,15-18,22-25H2. The summed E-state index contributed by atoms with van der Waals surface area (Å²) in [6, 6.07) is 20.3. The molecule has 48 heavy (non-hydrogen) atoms. The molecular weight excluding hydrogens is 613 g/mol. The van der Waals surface area contributed by atoms with Crippen LogP contribution in [-0.4, -0.2) is 48.3 Å². The number of esters is 2. The van der Waals surface area contributed by atoms with Crippen molar-refractivity contribution in [3.8, 4) is 0 Å². The number of nitrogens with zero attached hydrogens (tertiary/aromatic N) is 3. The van der Waals surface area contributed by atoms with Gasteiger partial charge < -0.3 is 19.7 Å². The van der Waals surface area contributed by atoms with E-state index in [1.807, 2.05) is 24.3 Å². The van der Waals surface area contributed by atoms with Gasteiger partial charge in [-0.3, -0.25) is 14.6 Å². The Kier molecular flexibility index (Phi) is 10.2. The van der Waals surface area contributed by atoms with E-state index in [9.17, 15) is 24.2 Å². The molecular formula is C38H40FN3O6. The van der Waals surface area contributed by atoms with E-state index in [2.05, 4.69) is 15.0 Å². The van der Waals surface area contributed by atoms with E-state index in [0.717, 1.165) is 18.4 Å². The molecule has 0 radical (unpaired) electrons. The van der Waals surface area contributed by atoms with E-state index in [0.29, 0.717) is 61.2 Å². The SMILES string of the molecule is O=C(OCc1ncccn1)C(c1ccc(CC2CCC(O)(C(C(=O)OCc3ccccn3)c3ccc(F)cc3)C2)cc1)C1(O)CCCC1. The number of benzene rings is 2. The minimum atomic E-state index is -1.38. The lowest BCUT2D eigenvalue weighted by Gasteiger charge is -2.32. The van der Waals surface area contributed by atoms with Gasteiger partial charge in [-0.25, -0.2) is 14.4 Å². The lowest BCUT2D eigenvalue weighted by molar-refractivity contribution is -0.155. The van der Waals surface area contributed by atoms with Gasteiger partial charge in [-0.1, -0.05) is 55.3 Å². The van der Waals surface area contributed by atoms with E-state index in [-0.39, 0.29) is 19.1 Å². The molecule has 2 heterocycles. The lowest BCUT2D eigenvalue weighted by Crippen LogP contribution is -2.39. The molecule has 2 saturated carbocycles. The Morgan fingerprint density at radius 2 is 1.35 bits per heavy atom. The van der Waals surface area contributed by atoms with Crippen molar-refractivity contribution in [1.29, 1.82) is 0 Å². The molecule has 9 nitrogen and oxygen atoms in total. The first-order valence-electron chi connectivity index (χ1n) is 16.5. The third-order valence-electron chi connectivity index (χ3n) is 9.74. The van der Waals surface area contributed by atoms with Gasteiger partial charge >= 0.3 is 11.9 Å². The quantitative estimate of drug-likeness (QED) is 0.184. The number of rotatable bonds is 12. The van der Waals surface area contributed by atoms with Crippen molar-refractivity contribution in [2.45, 2.75) is 87.6 Å². The van der Waals surface area contributed by atoms with Crippen molar-refractivity contribution >= 4 is 11.9 Å². The molecule has 2 fully saturated rings. The highest BCUT2D eigenvalue weighted by Gasteiger charge is 2.49. The fraction of sp³-hybridized carbons (Fsp3) is 0.395. The van der Waals surface area contributed by atoms with Gasteiger partial charge in [-0.05, 0) is 91.5 Å². The van der Waals surface area contributed by atoms with Gasteiger partial charge in [0.2, 0.25) is 0 Å². The van der Waals surface area contributed by atoms with Crippen LogP contribution in [0.25, 0.3) is 0 Å². The largest absolute Gasteiger partial charge is 0.459 e. The molecule has 4 atom stereocenters. The van der Waals surface area contributed by atoms with Crippen LogP contribution in [0, 0.1) is 11.7 Å². The summed E-state index contributed by atoms with van der Waals surface area (Å²) < 4.78 is 25.0. The first-order chi connectivity index (χ1) is 23.2. The first-order valence-corrected chi connectivity index (χ1v) is 16.5. The van der Waals surface area contributed by atoms with Gasteiger partial charge in [0.1, 0.15) is 24.3 Å². The summed E-state index contributed by atoms with van der Waals surface area (Å²) in [5.41, 5.74) is 0.191. The normalized spacial score (nSPS) is 21.4. The number of pyridine rings is 1. The third kappa shape index (κ3) is 7.77. The second-order valence-electron chi connectivity index (χ2n) is 13.1. The minimum absolute atomic E-state index is 0.0348. The Labute approximate surface area is 279 Å². The minimum Gasteiger partial charge on any atom is -0.459 e. The Hall–Kier alpha value is -4.54. The molecule has 0 saturated heterocycles. The van der Waals surface area contributed by atoms with Gasteiger partial charge in [0.25, 0.3) is 0 Å². The van der Waals surface area contributed by atoms with Gasteiger partial charge in [0, 0.05) is 18.6 Å². The first kappa shape index (κ1) is 33.4. The van der Waals surface area contributed by atoms with Gasteiger partial charge in [-0.15, -0.1) is 0 Å². The highest BCUT2D eigenvalue weighted by atomic mass is 19.1. The molecule has 2 aliphatic carbocycles. The highest BCUT2D eigenvalue weighted by Crippen LogP contribution is 2.46. The molecule has 250 valence electrons. The van der Waals surface area contributed by atoms with E-state index in [1.54, 1.807) is 42.9 Å². The number of hydrogen-bond acceptors (Lipinski definition) is 9. The lowest BCUT2D eigenvalue weighted by atomic mass is 9.79. The predicted octanol–water partition coefficient (Wildman–Crippen LogP) is 5.74. The monoisotopic (exact) mass is 653 g/mol.